The number of nitrogens with zero attached hydrogens (tertiary/aromatic N) is 3. The van der Waals surface area contributed by atoms with Crippen LogP contribution in [0, 0.1) is 5.92 Å². The second-order valence-electron chi connectivity index (χ2n) is 7.14. The Morgan fingerprint density at radius 2 is 2.00 bits per heavy atom. The molecule has 0 radical (unpaired) electrons. The Hall–Kier alpha value is -2.61. The van der Waals surface area contributed by atoms with Crippen molar-refractivity contribution in [2.45, 2.75) is 19.8 Å². The Kier molecular flexibility index (Phi) is 6.74. The van der Waals surface area contributed by atoms with Crippen molar-refractivity contribution in [1.82, 2.24) is 9.88 Å². The van der Waals surface area contributed by atoms with Gasteiger partial charge in [0.2, 0.25) is 0 Å². The highest BCUT2D eigenvalue weighted by atomic mass is 32.1. The molecule has 2 aromatic rings. The summed E-state index contributed by atoms with van der Waals surface area (Å²) < 4.78 is 10.6. The predicted octanol–water partition coefficient (Wildman–Crippen LogP) is 3.30. The van der Waals surface area contributed by atoms with Gasteiger partial charge >= 0.3 is 5.97 Å². The summed E-state index contributed by atoms with van der Waals surface area (Å²) in [4.78, 5) is 33.3. The molecule has 156 valence electrons. The first-order valence-electron chi connectivity index (χ1n) is 9.71. The molecule has 1 aromatic heterocycles. The van der Waals surface area contributed by atoms with Gasteiger partial charge in [0.15, 0.2) is 5.13 Å². The number of hydrogen-bond acceptors (Lipinski definition) is 7. The van der Waals surface area contributed by atoms with Crippen molar-refractivity contribution in [2.75, 3.05) is 45.8 Å². The lowest BCUT2D eigenvalue weighted by molar-refractivity contribution is -0.149. The predicted molar refractivity (Wildman–Crippen MR) is 114 cm³/mol. The van der Waals surface area contributed by atoms with Gasteiger partial charge in [-0.1, -0.05) is 0 Å². The summed E-state index contributed by atoms with van der Waals surface area (Å²) in [6, 6.07) is 5.43. The normalized spacial score (nSPS) is 14.6. The maximum absolute atomic E-state index is 13.0. The van der Waals surface area contributed by atoms with E-state index in [2.05, 4.69) is 4.98 Å². The maximum atomic E-state index is 13.0. The largest absolute Gasteiger partial charge is 0.496 e. The zero-order valence-electron chi connectivity index (χ0n) is 17.3. The SMILES string of the molecule is CCOC(=O)C1CCN(C(=O)c2ccc(OC)c(-c3csc(N(C)C)n3)c2)CC1. The lowest BCUT2D eigenvalue weighted by Crippen LogP contribution is -2.40. The molecule has 1 aliphatic heterocycles. The number of ether oxygens (including phenoxy) is 2. The van der Waals surface area contributed by atoms with Gasteiger partial charge in [0.1, 0.15) is 5.75 Å². The van der Waals surface area contributed by atoms with Crippen LogP contribution in [0.4, 0.5) is 5.13 Å². The Balaban J connectivity index is 1.77. The molecule has 0 spiro atoms. The highest BCUT2D eigenvalue weighted by Gasteiger charge is 2.29. The molecule has 8 heteroatoms. The first-order valence-corrected chi connectivity index (χ1v) is 10.6. The molecule has 0 atom stereocenters. The molecular weight excluding hydrogens is 390 g/mol. The van der Waals surface area contributed by atoms with Crippen molar-refractivity contribution in [3.05, 3.63) is 29.1 Å². The summed E-state index contributed by atoms with van der Waals surface area (Å²) in [7, 11) is 5.50. The zero-order chi connectivity index (χ0) is 21.0. The van der Waals surface area contributed by atoms with Gasteiger partial charge in [0, 0.05) is 43.7 Å². The highest BCUT2D eigenvalue weighted by molar-refractivity contribution is 7.14. The van der Waals surface area contributed by atoms with Crippen LogP contribution >= 0.6 is 11.3 Å². The Morgan fingerprint density at radius 3 is 2.59 bits per heavy atom. The maximum Gasteiger partial charge on any atom is 0.309 e. The molecule has 1 aliphatic rings. The summed E-state index contributed by atoms with van der Waals surface area (Å²) in [5.74, 6) is 0.355. The number of benzene rings is 1. The van der Waals surface area contributed by atoms with Crippen molar-refractivity contribution >= 4 is 28.3 Å². The molecule has 1 aromatic carbocycles. The molecule has 7 nitrogen and oxygen atoms in total. The highest BCUT2D eigenvalue weighted by Crippen LogP contribution is 2.34. The molecule has 2 heterocycles. The second-order valence-corrected chi connectivity index (χ2v) is 7.98. The van der Waals surface area contributed by atoms with Gasteiger partial charge in [-0.25, -0.2) is 4.98 Å². The van der Waals surface area contributed by atoms with Crippen molar-refractivity contribution in [3.8, 4) is 17.0 Å². The second kappa shape index (κ2) is 9.26. The number of aromatic nitrogens is 1. The van der Waals surface area contributed by atoms with Crippen LogP contribution in [-0.2, 0) is 9.53 Å². The van der Waals surface area contributed by atoms with E-state index in [1.54, 1.807) is 29.4 Å². The lowest BCUT2D eigenvalue weighted by Gasteiger charge is -2.31. The van der Waals surface area contributed by atoms with Crippen LogP contribution in [0.2, 0.25) is 0 Å². The summed E-state index contributed by atoms with van der Waals surface area (Å²) in [6.07, 6.45) is 1.26. The number of rotatable bonds is 6. The molecule has 3 rings (SSSR count). The number of piperidine rings is 1. The first kappa shape index (κ1) is 21.1. The van der Waals surface area contributed by atoms with E-state index in [0.29, 0.717) is 43.9 Å². The minimum atomic E-state index is -0.161. The van der Waals surface area contributed by atoms with Crippen LogP contribution in [0.15, 0.2) is 23.6 Å². The monoisotopic (exact) mass is 417 g/mol. The number of methoxy groups -OCH3 is 1. The molecular formula is C21H27N3O4S. The number of carbonyl (C=O) groups excluding carboxylic acids is 2. The quantitative estimate of drug-likeness (QED) is 0.672. The fraction of sp³-hybridized carbons (Fsp3) is 0.476. The van der Waals surface area contributed by atoms with E-state index in [1.165, 1.54) is 0 Å². The fourth-order valence-corrected chi connectivity index (χ4v) is 4.15. The van der Waals surface area contributed by atoms with Crippen molar-refractivity contribution < 1.29 is 19.1 Å². The van der Waals surface area contributed by atoms with Crippen molar-refractivity contribution in [1.29, 1.82) is 0 Å². The third-order valence-corrected chi connectivity index (χ3v) is 6.01. The van der Waals surface area contributed by atoms with E-state index in [1.807, 2.05) is 43.4 Å². The minimum Gasteiger partial charge on any atom is -0.496 e. The lowest BCUT2D eigenvalue weighted by atomic mass is 9.96. The average molecular weight is 418 g/mol. The van der Waals surface area contributed by atoms with Crippen LogP contribution < -0.4 is 9.64 Å². The van der Waals surface area contributed by atoms with Gasteiger partial charge in [0.05, 0.1) is 25.3 Å². The molecule has 0 bridgehead atoms. The van der Waals surface area contributed by atoms with Crippen LogP contribution in [0.3, 0.4) is 0 Å². The summed E-state index contributed by atoms with van der Waals surface area (Å²) in [5, 5.41) is 2.85. The van der Waals surface area contributed by atoms with Crippen molar-refractivity contribution in [2.24, 2.45) is 5.92 Å². The smallest absolute Gasteiger partial charge is 0.309 e. The van der Waals surface area contributed by atoms with E-state index >= 15 is 0 Å². The third kappa shape index (κ3) is 4.70. The number of hydrogen-bond donors (Lipinski definition) is 0. The molecule has 1 fully saturated rings. The van der Waals surface area contributed by atoms with Gasteiger partial charge < -0.3 is 19.3 Å². The molecule has 1 amide bonds. The summed E-state index contributed by atoms with van der Waals surface area (Å²) >= 11 is 1.54. The van der Waals surface area contributed by atoms with Gasteiger partial charge in [-0.05, 0) is 38.0 Å². The zero-order valence-corrected chi connectivity index (χ0v) is 18.1. The Bertz CT molecular complexity index is 873. The molecule has 0 saturated carbocycles. The minimum absolute atomic E-state index is 0.0423. The molecule has 29 heavy (non-hydrogen) atoms. The summed E-state index contributed by atoms with van der Waals surface area (Å²) in [5.41, 5.74) is 2.17. The van der Waals surface area contributed by atoms with Crippen LogP contribution in [0.5, 0.6) is 5.75 Å². The fourth-order valence-electron chi connectivity index (χ4n) is 3.40. The van der Waals surface area contributed by atoms with E-state index in [9.17, 15) is 9.59 Å². The van der Waals surface area contributed by atoms with Gasteiger partial charge in [0.25, 0.3) is 5.91 Å². The first-order chi connectivity index (χ1) is 13.9. The number of anilines is 1. The van der Waals surface area contributed by atoms with Crippen LogP contribution in [0.25, 0.3) is 11.3 Å². The number of carbonyl (C=O) groups is 2. The van der Waals surface area contributed by atoms with E-state index in [4.69, 9.17) is 9.47 Å². The van der Waals surface area contributed by atoms with Crippen LogP contribution in [0.1, 0.15) is 30.1 Å². The number of likely N-dealkylation sites (tertiary alicyclic amines) is 1. The van der Waals surface area contributed by atoms with Gasteiger partial charge in [-0.3, -0.25) is 9.59 Å². The molecule has 0 unspecified atom stereocenters. The Morgan fingerprint density at radius 1 is 1.28 bits per heavy atom. The van der Waals surface area contributed by atoms with E-state index in [-0.39, 0.29) is 17.8 Å². The van der Waals surface area contributed by atoms with E-state index in [0.717, 1.165) is 16.4 Å². The third-order valence-electron chi connectivity index (χ3n) is 5.00. The van der Waals surface area contributed by atoms with Crippen LogP contribution in [-0.4, -0.2) is 62.7 Å². The summed E-state index contributed by atoms with van der Waals surface area (Å²) in [6.45, 7) is 3.29. The molecule has 1 saturated heterocycles. The van der Waals surface area contributed by atoms with Crippen molar-refractivity contribution in [3.63, 3.8) is 0 Å². The van der Waals surface area contributed by atoms with E-state index < -0.39 is 0 Å². The average Bonchev–Trinajstić information content (AvgIpc) is 3.23. The van der Waals surface area contributed by atoms with Gasteiger partial charge in [-0.2, -0.15) is 0 Å². The van der Waals surface area contributed by atoms with Gasteiger partial charge in [-0.15, -0.1) is 11.3 Å². The Labute approximate surface area is 175 Å². The molecule has 0 aliphatic carbocycles. The number of amides is 1. The number of esters is 1. The molecule has 0 N–H and O–H groups in total. The number of thiazole rings is 1. The standard InChI is InChI=1S/C21H27N3O4S/c1-5-28-20(26)14-8-10-24(11-9-14)19(25)15-6-7-18(27-4)16(12-15)17-13-29-21(22-17)23(2)3/h6-7,12-14H,5,8-11H2,1-4H3. The topological polar surface area (TPSA) is 72.0 Å².